The summed E-state index contributed by atoms with van der Waals surface area (Å²) >= 11 is 0. The van der Waals surface area contributed by atoms with E-state index in [4.69, 9.17) is 0 Å². The van der Waals surface area contributed by atoms with Crippen molar-refractivity contribution in [2.45, 2.75) is 40.2 Å². The normalized spacial score (nSPS) is 10.5. The first-order valence-corrected chi connectivity index (χ1v) is 6.86. The van der Waals surface area contributed by atoms with Crippen LogP contribution < -0.4 is 10.2 Å². The zero-order valence-corrected chi connectivity index (χ0v) is 11.5. The van der Waals surface area contributed by atoms with Gasteiger partial charge in [0.05, 0.1) is 0 Å². The number of unbranched alkanes of at least 4 members (excludes halogenated alkanes) is 1. The van der Waals surface area contributed by atoms with Crippen molar-refractivity contribution in [2.75, 3.05) is 24.5 Å². The molecular weight excluding hydrogens is 208 g/mol. The molecule has 2 heteroatoms. The molecule has 1 rings (SSSR count). The average Bonchev–Trinajstić information content (AvgIpc) is 2.38. The highest BCUT2D eigenvalue weighted by molar-refractivity contribution is 5.47. The molecule has 1 aromatic carbocycles. The highest BCUT2D eigenvalue weighted by atomic mass is 15.1. The van der Waals surface area contributed by atoms with Gasteiger partial charge in [-0.25, -0.2) is 0 Å². The molecule has 0 bridgehead atoms. The molecule has 96 valence electrons. The van der Waals surface area contributed by atoms with Crippen molar-refractivity contribution in [2.24, 2.45) is 0 Å². The molecule has 2 nitrogen and oxygen atoms in total. The predicted molar refractivity (Wildman–Crippen MR) is 76.6 cm³/mol. The maximum atomic E-state index is 3.35. The quantitative estimate of drug-likeness (QED) is 0.741. The molecule has 0 saturated carbocycles. The van der Waals surface area contributed by atoms with Gasteiger partial charge in [0.25, 0.3) is 0 Å². The van der Waals surface area contributed by atoms with Crippen molar-refractivity contribution >= 4 is 5.69 Å². The third-order valence-corrected chi connectivity index (χ3v) is 3.04. The fourth-order valence-electron chi connectivity index (χ4n) is 1.91. The van der Waals surface area contributed by atoms with E-state index in [1.165, 1.54) is 30.6 Å². The zero-order valence-electron chi connectivity index (χ0n) is 11.5. The van der Waals surface area contributed by atoms with Gasteiger partial charge in [0.15, 0.2) is 0 Å². The Morgan fingerprint density at radius 2 is 1.76 bits per heavy atom. The Labute approximate surface area is 106 Å². The van der Waals surface area contributed by atoms with Crippen molar-refractivity contribution in [1.29, 1.82) is 0 Å². The van der Waals surface area contributed by atoms with Crippen molar-refractivity contribution in [3.8, 4) is 0 Å². The second-order valence-electron chi connectivity index (χ2n) is 4.38. The van der Waals surface area contributed by atoms with Gasteiger partial charge in [-0.3, -0.25) is 0 Å². The molecule has 0 heterocycles. The van der Waals surface area contributed by atoms with Crippen LogP contribution >= 0.6 is 0 Å². The molecule has 0 aromatic heterocycles. The van der Waals surface area contributed by atoms with E-state index in [2.05, 4.69) is 55.3 Å². The minimum absolute atomic E-state index is 0.970. The number of nitrogens with one attached hydrogen (secondary N) is 1. The van der Waals surface area contributed by atoms with Gasteiger partial charge >= 0.3 is 0 Å². The maximum Gasteiger partial charge on any atom is 0.0366 e. The van der Waals surface area contributed by atoms with Gasteiger partial charge in [0.2, 0.25) is 0 Å². The number of benzene rings is 1. The number of rotatable bonds is 8. The van der Waals surface area contributed by atoms with Gasteiger partial charge in [-0.1, -0.05) is 32.4 Å². The second-order valence-corrected chi connectivity index (χ2v) is 4.38. The lowest BCUT2D eigenvalue weighted by Crippen LogP contribution is -2.23. The first-order chi connectivity index (χ1) is 8.31. The molecule has 0 aliphatic carbocycles. The van der Waals surface area contributed by atoms with Gasteiger partial charge in [0.1, 0.15) is 0 Å². The minimum Gasteiger partial charge on any atom is -0.372 e. The monoisotopic (exact) mass is 234 g/mol. The van der Waals surface area contributed by atoms with Crippen molar-refractivity contribution in [3.05, 3.63) is 29.8 Å². The Kier molecular flexibility index (Phi) is 6.71. The first kappa shape index (κ1) is 14.0. The van der Waals surface area contributed by atoms with Crippen molar-refractivity contribution < 1.29 is 0 Å². The first-order valence-electron chi connectivity index (χ1n) is 6.86. The SMILES string of the molecule is CCCCN(CC)c1ccc(CNCC)cc1. The van der Waals surface area contributed by atoms with Crippen LogP contribution in [0, 0.1) is 0 Å². The van der Waals surface area contributed by atoms with Crippen LogP contribution in [-0.2, 0) is 6.54 Å². The lowest BCUT2D eigenvalue weighted by molar-refractivity contribution is 0.723. The topological polar surface area (TPSA) is 15.3 Å². The predicted octanol–water partition coefficient (Wildman–Crippen LogP) is 3.42. The highest BCUT2D eigenvalue weighted by Crippen LogP contribution is 2.15. The summed E-state index contributed by atoms with van der Waals surface area (Å²) in [6.45, 7) is 10.9. The summed E-state index contributed by atoms with van der Waals surface area (Å²) in [5, 5.41) is 3.35. The van der Waals surface area contributed by atoms with E-state index in [0.717, 1.165) is 19.6 Å². The molecule has 0 aliphatic rings. The van der Waals surface area contributed by atoms with Gasteiger partial charge < -0.3 is 10.2 Å². The zero-order chi connectivity index (χ0) is 12.5. The van der Waals surface area contributed by atoms with E-state index in [0.29, 0.717) is 0 Å². The lowest BCUT2D eigenvalue weighted by atomic mass is 10.2. The van der Waals surface area contributed by atoms with Crippen LogP contribution in [0.4, 0.5) is 5.69 Å². The van der Waals surface area contributed by atoms with Gasteiger partial charge in [-0.2, -0.15) is 0 Å². The van der Waals surface area contributed by atoms with Crippen LogP contribution in [0.15, 0.2) is 24.3 Å². The summed E-state index contributed by atoms with van der Waals surface area (Å²) < 4.78 is 0. The molecule has 0 radical (unpaired) electrons. The number of anilines is 1. The molecular formula is C15H26N2. The molecule has 0 saturated heterocycles. The van der Waals surface area contributed by atoms with E-state index in [1.54, 1.807) is 0 Å². The molecule has 0 unspecified atom stereocenters. The summed E-state index contributed by atoms with van der Waals surface area (Å²) in [5.74, 6) is 0. The van der Waals surface area contributed by atoms with Crippen molar-refractivity contribution in [3.63, 3.8) is 0 Å². The lowest BCUT2D eigenvalue weighted by Gasteiger charge is -2.23. The molecule has 0 amide bonds. The summed E-state index contributed by atoms with van der Waals surface area (Å²) in [7, 11) is 0. The average molecular weight is 234 g/mol. The Balaban J connectivity index is 2.57. The molecule has 0 atom stereocenters. The Morgan fingerprint density at radius 3 is 2.29 bits per heavy atom. The third-order valence-electron chi connectivity index (χ3n) is 3.04. The summed E-state index contributed by atoms with van der Waals surface area (Å²) in [5.41, 5.74) is 2.71. The van der Waals surface area contributed by atoms with Crippen LogP contribution in [0.2, 0.25) is 0 Å². The Morgan fingerprint density at radius 1 is 1.06 bits per heavy atom. The van der Waals surface area contributed by atoms with Crippen LogP contribution in [-0.4, -0.2) is 19.6 Å². The smallest absolute Gasteiger partial charge is 0.0366 e. The fourth-order valence-corrected chi connectivity index (χ4v) is 1.91. The standard InChI is InChI=1S/C15H26N2/c1-4-7-12-17(6-3)15-10-8-14(9-11-15)13-16-5-2/h8-11,16H,4-7,12-13H2,1-3H3. The molecule has 0 spiro atoms. The largest absolute Gasteiger partial charge is 0.372 e. The van der Waals surface area contributed by atoms with Crippen LogP contribution in [0.1, 0.15) is 39.2 Å². The molecule has 0 fully saturated rings. The molecule has 17 heavy (non-hydrogen) atoms. The van der Waals surface area contributed by atoms with Crippen LogP contribution in [0.3, 0.4) is 0 Å². The summed E-state index contributed by atoms with van der Waals surface area (Å²) in [6, 6.07) is 8.94. The third kappa shape index (κ3) is 4.78. The maximum absolute atomic E-state index is 3.35. The van der Waals surface area contributed by atoms with E-state index < -0.39 is 0 Å². The van der Waals surface area contributed by atoms with E-state index in [1.807, 2.05) is 0 Å². The summed E-state index contributed by atoms with van der Waals surface area (Å²) in [6.07, 6.45) is 2.53. The van der Waals surface area contributed by atoms with Gasteiger partial charge in [-0.05, 0) is 37.6 Å². The molecule has 1 N–H and O–H groups in total. The second kappa shape index (κ2) is 8.13. The van der Waals surface area contributed by atoms with Crippen molar-refractivity contribution in [1.82, 2.24) is 5.32 Å². The van der Waals surface area contributed by atoms with Gasteiger partial charge in [-0.15, -0.1) is 0 Å². The van der Waals surface area contributed by atoms with E-state index in [-0.39, 0.29) is 0 Å². The minimum atomic E-state index is 0.970. The number of nitrogens with zero attached hydrogens (tertiary/aromatic N) is 1. The molecule has 0 aliphatic heterocycles. The van der Waals surface area contributed by atoms with E-state index in [9.17, 15) is 0 Å². The number of hydrogen-bond acceptors (Lipinski definition) is 2. The van der Waals surface area contributed by atoms with E-state index >= 15 is 0 Å². The number of hydrogen-bond donors (Lipinski definition) is 1. The van der Waals surface area contributed by atoms with Crippen LogP contribution in [0.25, 0.3) is 0 Å². The fraction of sp³-hybridized carbons (Fsp3) is 0.600. The Hall–Kier alpha value is -1.02. The highest BCUT2D eigenvalue weighted by Gasteiger charge is 2.03. The van der Waals surface area contributed by atoms with Gasteiger partial charge in [0, 0.05) is 25.3 Å². The summed E-state index contributed by atoms with van der Waals surface area (Å²) in [4.78, 5) is 2.44. The molecule has 1 aromatic rings. The van der Waals surface area contributed by atoms with Crippen LogP contribution in [0.5, 0.6) is 0 Å². The Bertz CT molecular complexity index is 292.